The molecule has 0 bridgehead atoms. The Bertz CT molecular complexity index is 510. The Balaban J connectivity index is 0.00000220. The molecule has 116 valence electrons. The van der Waals surface area contributed by atoms with Crippen LogP contribution in [0.4, 0.5) is 0 Å². The molecule has 0 amide bonds. The van der Waals surface area contributed by atoms with Crippen molar-refractivity contribution in [3.8, 4) is 11.3 Å². The lowest BCUT2D eigenvalue weighted by Crippen LogP contribution is -2.14. The molecule has 2 aromatic rings. The second-order valence-corrected chi connectivity index (χ2v) is 5.93. The van der Waals surface area contributed by atoms with Gasteiger partial charge >= 0.3 is 0 Å². The third-order valence-electron chi connectivity index (χ3n) is 3.30. The van der Waals surface area contributed by atoms with Crippen LogP contribution in [0.3, 0.4) is 0 Å². The highest BCUT2D eigenvalue weighted by molar-refractivity contribution is 9.10. The first-order valence-electron chi connectivity index (χ1n) is 7.35. The lowest BCUT2D eigenvalue weighted by Gasteiger charge is -2.02. The normalized spacial score (nSPS) is 10.4. The molecule has 0 atom stereocenters. The van der Waals surface area contributed by atoms with Crippen molar-refractivity contribution in [1.29, 1.82) is 0 Å². The maximum atomic E-state index is 5.86. The van der Waals surface area contributed by atoms with Crippen LogP contribution in [-0.2, 0) is 6.54 Å². The highest BCUT2D eigenvalue weighted by atomic mass is 79.9. The summed E-state index contributed by atoms with van der Waals surface area (Å²) in [6.45, 7) is 4.11. The van der Waals surface area contributed by atoms with Crippen LogP contribution >= 0.6 is 28.3 Å². The van der Waals surface area contributed by atoms with Crippen molar-refractivity contribution in [2.75, 3.05) is 6.54 Å². The molecular weight excluding hydrogens is 350 g/mol. The van der Waals surface area contributed by atoms with Crippen LogP contribution in [0.2, 0.25) is 0 Å². The molecule has 0 aliphatic heterocycles. The Hall–Kier alpha value is -0.770. The second kappa shape index (κ2) is 10.0. The monoisotopic (exact) mass is 371 g/mol. The molecule has 0 aliphatic carbocycles. The van der Waals surface area contributed by atoms with Crippen molar-refractivity contribution in [2.24, 2.45) is 0 Å². The zero-order valence-corrected chi connectivity index (χ0v) is 14.8. The number of hydrogen-bond acceptors (Lipinski definition) is 2. The van der Waals surface area contributed by atoms with Crippen molar-refractivity contribution in [1.82, 2.24) is 5.32 Å². The van der Waals surface area contributed by atoms with E-state index in [0.717, 1.165) is 34.6 Å². The van der Waals surface area contributed by atoms with Gasteiger partial charge in [0.1, 0.15) is 11.5 Å². The van der Waals surface area contributed by atoms with Gasteiger partial charge in [-0.15, -0.1) is 12.4 Å². The first-order chi connectivity index (χ1) is 9.79. The van der Waals surface area contributed by atoms with E-state index in [2.05, 4.69) is 46.4 Å². The van der Waals surface area contributed by atoms with Crippen molar-refractivity contribution >= 4 is 28.3 Å². The smallest absolute Gasteiger partial charge is 0.134 e. The van der Waals surface area contributed by atoms with Crippen LogP contribution < -0.4 is 5.32 Å². The Morgan fingerprint density at radius 2 is 1.76 bits per heavy atom. The lowest BCUT2D eigenvalue weighted by atomic mass is 10.2. The third-order valence-corrected chi connectivity index (χ3v) is 3.83. The molecule has 0 saturated carbocycles. The van der Waals surface area contributed by atoms with E-state index in [1.54, 1.807) is 0 Å². The fraction of sp³-hybridized carbons (Fsp3) is 0.412. The van der Waals surface area contributed by atoms with E-state index in [1.807, 2.05) is 18.2 Å². The minimum Gasteiger partial charge on any atom is -0.460 e. The summed E-state index contributed by atoms with van der Waals surface area (Å²) in [4.78, 5) is 0. The van der Waals surface area contributed by atoms with Crippen LogP contribution in [0, 0.1) is 0 Å². The van der Waals surface area contributed by atoms with Crippen molar-refractivity contribution in [3.05, 3.63) is 46.6 Å². The molecule has 0 saturated heterocycles. The molecule has 0 spiro atoms. The summed E-state index contributed by atoms with van der Waals surface area (Å²) >= 11 is 3.44. The standard InChI is InChI=1S/C17H22BrNO.ClH/c1-2-3-4-5-12-19-13-16-10-11-17(20-16)14-6-8-15(18)9-7-14;/h6-11,19H,2-5,12-13H2,1H3;1H. The minimum absolute atomic E-state index is 0. The van der Waals surface area contributed by atoms with Gasteiger partial charge in [0.25, 0.3) is 0 Å². The number of hydrogen-bond donors (Lipinski definition) is 1. The Labute approximate surface area is 141 Å². The fourth-order valence-corrected chi connectivity index (χ4v) is 2.39. The molecule has 0 aliphatic rings. The summed E-state index contributed by atoms with van der Waals surface area (Å²) < 4.78 is 6.94. The molecule has 1 N–H and O–H groups in total. The number of nitrogens with one attached hydrogen (secondary N) is 1. The van der Waals surface area contributed by atoms with Crippen molar-refractivity contribution < 1.29 is 4.42 Å². The minimum atomic E-state index is 0. The Morgan fingerprint density at radius 1 is 1.00 bits per heavy atom. The quantitative estimate of drug-likeness (QED) is 0.592. The van der Waals surface area contributed by atoms with Crippen LogP contribution in [0.5, 0.6) is 0 Å². The van der Waals surface area contributed by atoms with E-state index in [-0.39, 0.29) is 12.4 Å². The van der Waals surface area contributed by atoms with Crippen LogP contribution in [-0.4, -0.2) is 6.54 Å². The molecular formula is C17H23BrClNO. The molecule has 21 heavy (non-hydrogen) atoms. The molecule has 0 unspecified atom stereocenters. The van der Waals surface area contributed by atoms with Crippen LogP contribution in [0.15, 0.2) is 45.3 Å². The van der Waals surface area contributed by atoms with E-state index in [1.165, 1.54) is 25.7 Å². The van der Waals surface area contributed by atoms with Gasteiger partial charge in [0.15, 0.2) is 0 Å². The molecule has 2 nitrogen and oxygen atoms in total. The number of benzene rings is 1. The maximum absolute atomic E-state index is 5.86. The van der Waals surface area contributed by atoms with E-state index in [0.29, 0.717) is 0 Å². The number of furan rings is 1. The van der Waals surface area contributed by atoms with Gasteiger partial charge in [0, 0.05) is 10.0 Å². The summed E-state index contributed by atoms with van der Waals surface area (Å²) in [7, 11) is 0. The number of unbranched alkanes of at least 4 members (excludes halogenated alkanes) is 3. The van der Waals surface area contributed by atoms with Crippen molar-refractivity contribution in [3.63, 3.8) is 0 Å². The van der Waals surface area contributed by atoms with Gasteiger partial charge < -0.3 is 9.73 Å². The van der Waals surface area contributed by atoms with Gasteiger partial charge in [-0.2, -0.15) is 0 Å². The van der Waals surface area contributed by atoms with Gasteiger partial charge in [0.2, 0.25) is 0 Å². The van der Waals surface area contributed by atoms with Crippen LogP contribution in [0.1, 0.15) is 38.4 Å². The molecule has 0 fully saturated rings. The van der Waals surface area contributed by atoms with E-state index >= 15 is 0 Å². The van der Waals surface area contributed by atoms with E-state index < -0.39 is 0 Å². The Morgan fingerprint density at radius 3 is 2.48 bits per heavy atom. The first kappa shape index (κ1) is 18.3. The summed E-state index contributed by atoms with van der Waals surface area (Å²) in [6.07, 6.45) is 5.17. The zero-order chi connectivity index (χ0) is 14.2. The lowest BCUT2D eigenvalue weighted by molar-refractivity contribution is 0.487. The Kier molecular flexibility index (Phi) is 8.74. The predicted octanol–water partition coefficient (Wildman–Crippen LogP) is 5.80. The topological polar surface area (TPSA) is 25.2 Å². The highest BCUT2D eigenvalue weighted by Crippen LogP contribution is 2.23. The summed E-state index contributed by atoms with van der Waals surface area (Å²) in [6, 6.07) is 12.3. The SMILES string of the molecule is CCCCCCNCc1ccc(-c2ccc(Br)cc2)o1.Cl. The van der Waals surface area contributed by atoms with E-state index in [9.17, 15) is 0 Å². The average molecular weight is 373 g/mol. The molecule has 1 heterocycles. The van der Waals surface area contributed by atoms with E-state index in [4.69, 9.17) is 4.42 Å². The maximum Gasteiger partial charge on any atom is 0.134 e. The molecule has 2 rings (SSSR count). The molecule has 1 aromatic heterocycles. The predicted molar refractivity (Wildman–Crippen MR) is 94.9 cm³/mol. The van der Waals surface area contributed by atoms with Gasteiger partial charge in [-0.3, -0.25) is 0 Å². The zero-order valence-electron chi connectivity index (χ0n) is 12.4. The summed E-state index contributed by atoms with van der Waals surface area (Å²) in [5.41, 5.74) is 1.11. The number of halogens is 2. The molecule has 4 heteroatoms. The summed E-state index contributed by atoms with van der Waals surface area (Å²) in [5, 5.41) is 3.43. The van der Waals surface area contributed by atoms with Gasteiger partial charge in [-0.25, -0.2) is 0 Å². The average Bonchev–Trinajstić information content (AvgIpc) is 2.92. The van der Waals surface area contributed by atoms with Gasteiger partial charge in [-0.05, 0) is 37.2 Å². The van der Waals surface area contributed by atoms with Crippen LogP contribution in [0.25, 0.3) is 11.3 Å². The molecule has 1 aromatic carbocycles. The summed E-state index contributed by atoms with van der Waals surface area (Å²) in [5.74, 6) is 1.93. The fourth-order valence-electron chi connectivity index (χ4n) is 2.13. The largest absolute Gasteiger partial charge is 0.460 e. The third kappa shape index (κ3) is 6.25. The van der Waals surface area contributed by atoms with Gasteiger partial charge in [-0.1, -0.05) is 54.2 Å². The second-order valence-electron chi connectivity index (χ2n) is 5.01. The number of rotatable bonds is 8. The molecule has 0 radical (unpaired) electrons. The first-order valence-corrected chi connectivity index (χ1v) is 8.14. The van der Waals surface area contributed by atoms with Gasteiger partial charge in [0.05, 0.1) is 6.54 Å². The van der Waals surface area contributed by atoms with Crippen molar-refractivity contribution in [2.45, 2.75) is 39.2 Å². The highest BCUT2D eigenvalue weighted by Gasteiger charge is 2.04.